The molecule has 0 N–H and O–H groups in total. The molecular weight excluding hydrogens is 260 g/mol. The van der Waals surface area contributed by atoms with Gasteiger partial charge in [0.1, 0.15) is 8.07 Å². The lowest BCUT2D eigenvalue weighted by Gasteiger charge is -2.21. The summed E-state index contributed by atoms with van der Waals surface area (Å²) in [6.07, 6.45) is 0. The molecule has 1 aliphatic heterocycles. The van der Waals surface area contributed by atoms with Crippen LogP contribution in [0.1, 0.15) is 0 Å². The number of hydrogen-bond acceptors (Lipinski definition) is 0. The van der Waals surface area contributed by atoms with E-state index in [1.165, 1.54) is 11.1 Å². The first kappa shape index (κ1) is 12.9. The van der Waals surface area contributed by atoms with Gasteiger partial charge < -0.3 is 0 Å². The van der Waals surface area contributed by atoms with E-state index in [2.05, 4.69) is 75.2 Å². The minimum Gasteiger partial charge on any atom is -0.0656 e. The van der Waals surface area contributed by atoms with Gasteiger partial charge in [0.15, 0.2) is 0 Å². The third kappa shape index (κ3) is 1.85. The molecule has 0 amide bonds. The van der Waals surface area contributed by atoms with Crippen LogP contribution in [0.2, 0.25) is 32.7 Å². The maximum Gasteiger partial charge on any atom is 0.113 e. The van der Waals surface area contributed by atoms with Crippen LogP contribution < -0.4 is 15.6 Å². The monoisotopic (exact) mass is 282 g/mol. The topological polar surface area (TPSA) is 0 Å². The lowest BCUT2D eigenvalue weighted by molar-refractivity contribution is 1.68. The minimum atomic E-state index is -1.45. The van der Waals surface area contributed by atoms with E-state index in [-0.39, 0.29) is 0 Å². The number of fused-ring (bicyclic) bond motifs is 3. The van der Waals surface area contributed by atoms with Gasteiger partial charge in [0, 0.05) is 0 Å². The summed E-state index contributed by atoms with van der Waals surface area (Å²) in [5.41, 5.74) is 3.02. The first-order valence-electron chi connectivity index (χ1n) is 7.07. The van der Waals surface area contributed by atoms with E-state index in [1.807, 2.05) is 0 Å². The molecular formula is C17H22Si2. The molecule has 19 heavy (non-hydrogen) atoms. The van der Waals surface area contributed by atoms with E-state index in [0.717, 1.165) is 0 Å². The molecule has 0 radical (unpaired) electrons. The third-order valence-corrected chi connectivity index (χ3v) is 10.1. The van der Waals surface area contributed by atoms with Crippen LogP contribution in [0.3, 0.4) is 0 Å². The van der Waals surface area contributed by atoms with Crippen LogP contribution in [0.15, 0.2) is 42.5 Å². The van der Waals surface area contributed by atoms with E-state index in [0.29, 0.717) is 0 Å². The summed E-state index contributed by atoms with van der Waals surface area (Å²) in [5, 5.41) is 4.81. The standard InChI is InChI=1S/C17H22Si2/c1-18(2,3)13-10-11-17-15(12-13)14-8-6-7-9-16(14)19(17,4)5/h6-12H,1-5H3. The second-order valence-electron chi connectivity index (χ2n) is 7.18. The van der Waals surface area contributed by atoms with Gasteiger partial charge in [-0.1, -0.05) is 80.4 Å². The SMILES string of the molecule is C[Si](C)(C)c1ccc2c(c1)-c1ccccc1[Si]2(C)C. The summed E-state index contributed by atoms with van der Waals surface area (Å²) >= 11 is 0. The molecule has 2 aromatic carbocycles. The Kier molecular flexibility index (Phi) is 2.67. The fourth-order valence-electron chi connectivity index (χ4n) is 3.19. The molecule has 3 rings (SSSR count). The first-order chi connectivity index (χ1) is 8.82. The highest BCUT2D eigenvalue weighted by Crippen LogP contribution is 2.27. The molecule has 1 heterocycles. The smallest absolute Gasteiger partial charge is 0.0656 e. The quantitative estimate of drug-likeness (QED) is 0.705. The maximum atomic E-state index is 2.49. The van der Waals surface area contributed by atoms with Crippen molar-refractivity contribution >= 4 is 31.7 Å². The highest BCUT2D eigenvalue weighted by Gasteiger charge is 2.37. The average Bonchev–Trinajstić information content (AvgIpc) is 2.58. The zero-order valence-corrected chi connectivity index (χ0v) is 14.5. The molecule has 0 nitrogen and oxygen atoms in total. The second-order valence-corrected chi connectivity index (χ2v) is 16.6. The van der Waals surface area contributed by atoms with E-state index in [9.17, 15) is 0 Å². The van der Waals surface area contributed by atoms with Crippen LogP contribution >= 0.6 is 0 Å². The molecule has 0 aliphatic carbocycles. The van der Waals surface area contributed by atoms with Crippen molar-refractivity contribution in [3.63, 3.8) is 0 Å². The van der Waals surface area contributed by atoms with Crippen LogP contribution in [0.5, 0.6) is 0 Å². The van der Waals surface area contributed by atoms with Crippen LogP contribution in [0, 0.1) is 0 Å². The molecule has 0 saturated heterocycles. The van der Waals surface area contributed by atoms with Gasteiger partial charge in [-0.25, -0.2) is 0 Å². The Morgan fingerprint density at radius 2 is 1.42 bits per heavy atom. The van der Waals surface area contributed by atoms with Crippen LogP contribution in [0.25, 0.3) is 11.1 Å². The van der Waals surface area contributed by atoms with Crippen LogP contribution in [-0.2, 0) is 0 Å². The van der Waals surface area contributed by atoms with Crippen LogP contribution in [0.4, 0.5) is 0 Å². The minimum absolute atomic E-state index is 1.23. The van der Waals surface area contributed by atoms with Gasteiger partial charge in [-0.05, 0) is 21.5 Å². The molecule has 2 heteroatoms. The molecule has 0 spiro atoms. The zero-order chi connectivity index (χ0) is 13.8. The average molecular weight is 283 g/mol. The molecule has 0 aromatic heterocycles. The molecule has 0 bridgehead atoms. The van der Waals surface area contributed by atoms with Gasteiger partial charge in [0.05, 0.1) is 8.07 Å². The Morgan fingerprint density at radius 1 is 0.789 bits per heavy atom. The maximum absolute atomic E-state index is 2.49. The second kappa shape index (κ2) is 3.93. The van der Waals surface area contributed by atoms with E-state index >= 15 is 0 Å². The Labute approximate surface area is 118 Å². The summed E-state index contributed by atoms with van der Waals surface area (Å²) in [6.45, 7) is 12.2. The lowest BCUT2D eigenvalue weighted by atomic mass is 10.1. The number of benzene rings is 2. The van der Waals surface area contributed by atoms with Crippen molar-refractivity contribution in [2.75, 3.05) is 0 Å². The molecule has 1 aliphatic rings. The van der Waals surface area contributed by atoms with Gasteiger partial charge in [-0.3, -0.25) is 0 Å². The molecule has 0 saturated carbocycles. The molecule has 98 valence electrons. The Morgan fingerprint density at radius 3 is 2.11 bits per heavy atom. The third-order valence-electron chi connectivity index (χ3n) is 4.45. The zero-order valence-electron chi connectivity index (χ0n) is 12.5. The summed E-state index contributed by atoms with van der Waals surface area (Å²) in [4.78, 5) is 0. The van der Waals surface area contributed by atoms with Gasteiger partial charge in [-0.2, -0.15) is 0 Å². The van der Waals surface area contributed by atoms with Gasteiger partial charge in [-0.15, -0.1) is 0 Å². The van der Waals surface area contributed by atoms with Crippen molar-refractivity contribution in [2.24, 2.45) is 0 Å². The summed E-state index contributed by atoms with van der Waals surface area (Å²) in [6, 6.07) is 16.3. The van der Waals surface area contributed by atoms with Crippen molar-refractivity contribution < 1.29 is 0 Å². The molecule has 0 atom stereocenters. The number of rotatable bonds is 1. The fourth-order valence-corrected chi connectivity index (χ4v) is 7.42. The highest BCUT2D eigenvalue weighted by molar-refractivity contribution is 7.04. The van der Waals surface area contributed by atoms with E-state index in [4.69, 9.17) is 0 Å². The van der Waals surface area contributed by atoms with E-state index in [1.54, 1.807) is 15.6 Å². The van der Waals surface area contributed by atoms with Crippen molar-refractivity contribution in [2.45, 2.75) is 32.7 Å². The largest absolute Gasteiger partial charge is 0.113 e. The lowest BCUT2D eigenvalue weighted by Crippen LogP contribution is -2.49. The Balaban J connectivity index is 2.29. The highest BCUT2D eigenvalue weighted by atomic mass is 28.3. The van der Waals surface area contributed by atoms with Crippen molar-refractivity contribution in [1.82, 2.24) is 0 Å². The van der Waals surface area contributed by atoms with Crippen molar-refractivity contribution in [1.29, 1.82) is 0 Å². The van der Waals surface area contributed by atoms with Crippen LogP contribution in [-0.4, -0.2) is 16.1 Å². The van der Waals surface area contributed by atoms with Gasteiger partial charge >= 0.3 is 0 Å². The fraction of sp³-hybridized carbons (Fsp3) is 0.294. The summed E-state index contributed by atoms with van der Waals surface area (Å²) < 4.78 is 0. The Bertz CT molecular complexity index is 649. The van der Waals surface area contributed by atoms with Gasteiger partial charge in [0.2, 0.25) is 0 Å². The van der Waals surface area contributed by atoms with Crippen molar-refractivity contribution in [3.8, 4) is 11.1 Å². The molecule has 2 aromatic rings. The Hall–Kier alpha value is -1.13. The predicted octanol–water partition coefficient (Wildman–Crippen LogP) is 3.03. The number of hydrogen-bond donors (Lipinski definition) is 0. The first-order valence-corrected chi connectivity index (χ1v) is 13.6. The summed E-state index contributed by atoms with van der Waals surface area (Å²) in [7, 11) is -2.68. The predicted molar refractivity (Wildman–Crippen MR) is 91.6 cm³/mol. The van der Waals surface area contributed by atoms with Gasteiger partial charge in [0.25, 0.3) is 0 Å². The van der Waals surface area contributed by atoms with Crippen molar-refractivity contribution in [3.05, 3.63) is 42.5 Å². The summed E-state index contributed by atoms with van der Waals surface area (Å²) in [5.74, 6) is 0. The van der Waals surface area contributed by atoms with E-state index < -0.39 is 16.1 Å². The molecule has 0 fully saturated rings. The normalized spacial score (nSPS) is 16.1. The molecule has 0 unspecified atom stereocenters.